The van der Waals surface area contributed by atoms with Gasteiger partial charge in [0, 0.05) is 6.54 Å². The van der Waals surface area contributed by atoms with Crippen molar-refractivity contribution >= 4 is 16.7 Å². The summed E-state index contributed by atoms with van der Waals surface area (Å²) in [6.07, 6.45) is 2.33. The highest BCUT2D eigenvalue weighted by atomic mass is 19.1. The Morgan fingerprint density at radius 1 is 1.41 bits per heavy atom. The van der Waals surface area contributed by atoms with Crippen LogP contribution >= 0.6 is 0 Å². The molecule has 116 valence electrons. The van der Waals surface area contributed by atoms with Crippen LogP contribution in [0.1, 0.15) is 26.3 Å². The Hall–Kier alpha value is -2.30. The molecule has 0 unspecified atom stereocenters. The molecule has 0 atom stereocenters. The second-order valence-corrected chi connectivity index (χ2v) is 5.90. The largest absolute Gasteiger partial charge is 0.461 e. The molecule has 0 aliphatic rings. The van der Waals surface area contributed by atoms with Crippen molar-refractivity contribution in [1.29, 1.82) is 0 Å². The average Bonchev–Trinajstić information content (AvgIpc) is 3.10. The number of fused-ring (bicyclic) bond motifs is 1. The summed E-state index contributed by atoms with van der Waals surface area (Å²) >= 11 is 0. The first-order valence-corrected chi connectivity index (χ1v) is 7.53. The lowest BCUT2D eigenvalue weighted by Crippen LogP contribution is -2.07. The third kappa shape index (κ3) is 2.26. The van der Waals surface area contributed by atoms with Gasteiger partial charge in [0.25, 0.3) is 0 Å². The summed E-state index contributed by atoms with van der Waals surface area (Å²) in [5.74, 6) is 1.37. The van der Waals surface area contributed by atoms with Crippen LogP contribution < -0.4 is 5.73 Å². The Labute approximate surface area is 128 Å². The zero-order chi connectivity index (χ0) is 15.9. The lowest BCUT2D eigenvalue weighted by molar-refractivity contribution is 0.521. The summed E-state index contributed by atoms with van der Waals surface area (Å²) in [6, 6.07) is 5.19. The first-order valence-electron chi connectivity index (χ1n) is 7.53. The minimum absolute atomic E-state index is 0.0995. The van der Waals surface area contributed by atoms with Gasteiger partial charge in [0.2, 0.25) is 0 Å². The Bertz CT molecular complexity index is 803. The number of imidazole rings is 1. The van der Waals surface area contributed by atoms with Gasteiger partial charge in [-0.1, -0.05) is 20.8 Å². The number of aromatic nitrogens is 2. The summed E-state index contributed by atoms with van der Waals surface area (Å²) in [5.41, 5.74) is 8.36. The van der Waals surface area contributed by atoms with Crippen molar-refractivity contribution in [2.45, 2.75) is 33.7 Å². The van der Waals surface area contributed by atoms with E-state index in [4.69, 9.17) is 10.2 Å². The van der Waals surface area contributed by atoms with E-state index in [9.17, 15) is 4.39 Å². The molecule has 3 aromatic rings. The van der Waals surface area contributed by atoms with Crippen LogP contribution in [0.3, 0.4) is 0 Å². The number of hydrogen-bond donors (Lipinski definition) is 1. The van der Waals surface area contributed by atoms with E-state index in [1.54, 1.807) is 6.26 Å². The first kappa shape index (κ1) is 14.6. The fourth-order valence-electron chi connectivity index (χ4n) is 2.78. The van der Waals surface area contributed by atoms with Gasteiger partial charge in [-0.2, -0.15) is 0 Å². The van der Waals surface area contributed by atoms with Crippen molar-refractivity contribution in [2.75, 3.05) is 5.73 Å². The highest BCUT2D eigenvalue weighted by molar-refractivity contribution is 5.92. The highest BCUT2D eigenvalue weighted by Crippen LogP contribution is 2.33. The van der Waals surface area contributed by atoms with Gasteiger partial charge in [0.1, 0.15) is 11.3 Å². The fourth-order valence-corrected chi connectivity index (χ4v) is 2.78. The zero-order valence-corrected chi connectivity index (χ0v) is 13.1. The molecule has 2 aromatic heterocycles. The second-order valence-electron chi connectivity index (χ2n) is 5.90. The van der Waals surface area contributed by atoms with Crippen LogP contribution in [0.15, 0.2) is 28.9 Å². The number of nitrogen functional groups attached to an aromatic ring is 1. The van der Waals surface area contributed by atoms with Gasteiger partial charge in [0.05, 0.1) is 17.5 Å². The van der Waals surface area contributed by atoms with Crippen LogP contribution in [-0.4, -0.2) is 9.55 Å². The summed E-state index contributed by atoms with van der Waals surface area (Å²) in [4.78, 5) is 4.58. The lowest BCUT2D eigenvalue weighted by atomic mass is 10.1. The minimum atomic E-state index is -0.412. The molecule has 3 rings (SSSR count). The Balaban J connectivity index is 2.38. The third-order valence-electron chi connectivity index (χ3n) is 3.76. The Morgan fingerprint density at radius 2 is 2.18 bits per heavy atom. The van der Waals surface area contributed by atoms with Gasteiger partial charge in [-0.15, -0.1) is 0 Å². The average molecular weight is 301 g/mol. The summed E-state index contributed by atoms with van der Waals surface area (Å²) in [7, 11) is 0. The predicted molar refractivity (Wildman–Crippen MR) is 86.0 cm³/mol. The van der Waals surface area contributed by atoms with E-state index in [1.165, 1.54) is 6.07 Å². The molecule has 2 N–H and O–H groups in total. The molecule has 22 heavy (non-hydrogen) atoms. The van der Waals surface area contributed by atoms with Gasteiger partial charge in [-0.05, 0) is 36.1 Å². The van der Waals surface area contributed by atoms with Gasteiger partial charge in [0.15, 0.2) is 11.6 Å². The zero-order valence-electron chi connectivity index (χ0n) is 13.1. The number of halogens is 1. The molecule has 0 radical (unpaired) electrons. The second kappa shape index (κ2) is 5.48. The summed E-state index contributed by atoms with van der Waals surface area (Å²) in [6.45, 7) is 7.04. The van der Waals surface area contributed by atoms with Crippen molar-refractivity contribution in [3.05, 3.63) is 35.8 Å². The number of benzene rings is 1. The predicted octanol–water partition coefficient (Wildman–Crippen LogP) is 4.24. The van der Waals surface area contributed by atoms with Gasteiger partial charge >= 0.3 is 0 Å². The van der Waals surface area contributed by atoms with E-state index in [0.717, 1.165) is 24.0 Å². The molecule has 0 saturated carbocycles. The molecule has 5 heteroatoms. The third-order valence-corrected chi connectivity index (χ3v) is 3.76. The monoisotopic (exact) mass is 301 g/mol. The van der Waals surface area contributed by atoms with E-state index >= 15 is 0 Å². The molecule has 1 aromatic carbocycles. The van der Waals surface area contributed by atoms with Crippen LogP contribution in [0, 0.1) is 11.7 Å². The van der Waals surface area contributed by atoms with E-state index in [2.05, 4.69) is 23.4 Å². The van der Waals surface area contributed by atoms with Gasteiger partial charge in [-0.3, -0.25) is 0 Å². The molecule has 0 aliphatic carbocycles. The Morgan fingerprint density at radius 3 is 2.77 bits per heavy atom. The number of nitrogens with zero attached hydrogens (tertiary/aromatic N) is 2. The summed E-state index contributed by atoms with van der Waals surface area (Å²) in [5, 5.41) is 0. The highest BCUT2D eigenvalue weighted by Gasteiger charge is 2.21. The van der Waals surface area contributed by atoms with Gasteiger partial charge < -0.3 is 14.7 Å². The molecular weight excluding hydrogens is 281 g/mol. The topological polar surface area (TPSA) is 57.0 Å². The maximum absolute atomic E-state index is 14.0. The first-order chi connectivity index (χ1) is 10.5. The molecule has 2 heterocycles. The van der Waals surface area contributed by atoms with Crippen molar-refractivity contribution in [2.24, 2.45) is 5.92 Å². The number of nitrogens with two attached hydrogens (primary N) is 1. The molecule has 4 nitrogen and oxygen atoms in total. The van der Waals surface area contributed by atoms with Gasteiger partial charge in [-0.25, -0.2) is 9.37 Å². The number of aryl methyl sites for hydroxylation is 1. The fraction of sp³-hybridized carbons (Fsp3) is 0.353. The van der Waals surface area contributed by atoms with Crippen molar-refractivity contribution in [1.82, 2.24) is 9.55 Å². The molecule has 0 spiro atoms. The van der Waals surface area contributed by atoms with Crippen LogP contribution in [0.4, 0.5) is 10.1 Å². The van der Waals surface area contributed by atoms with E-state index < -0.39 is 5.82 Å². The van der Waals surface area contributed by atoms with E-state index in [0.29, 0.717) is 23.0 Å². The van der Waals surface area contributed by atoms with E-state index in [-0.39, 0.29) is 5.69 Å². The van der Waals surface area contributed by atoms with Crippen LogP contribution in [0.2, 0.25) is 0 Å². The smallest absolute Gasteiger partial charge is 0.177 e. The lowest BCUT2D eigenvalue weighted by Gasteiger charge is -2.13. The number of furan rings is 1. The molecule has 0 fully saturated rings. The molecule has 0 aliphatic heterocycles. The van der Waals surface area contributed by atoms with Crippen molar-refractivity contribution < 1.29 is 8.81 Å². The number of rotatable bonds is 4. The van der Waals surface area contributed by atoms with Crippen LogP contribution in [0.25, 0.3) is 22.6 Å². The molecule has 0 saturated heterocycles. The molecular formula is C17H20FN3O. The minimum Gasteiger partial charge on any atom is -0.461 e. The van der Waals surface area contributed by atoms with Crippen LogP contribution in [0.5, 0.6) is 0 Å². The summed E-state index contributed by atoms with van der Waals surface area (Å²) < 4.78 is 21.6. The SMILES string of the molecule is CCc1cc(F)c(N)c2nc(-c3ccco3)n(CC(C)C)c12. The Kier molecular flexibility index (Phi) is 3.64. The van der Waals surface area contributed by atoms with Crippen molar-refractivity contribution in [3.63, 3.8) is 0 Å². The van der Waals surface area contributed by atoms with Crippen LogP contribution in [-0.2, 0) is 13.0 Å². The van der Waals surface area contributed by atoms with E-state index in [1.807, 2.05) is 19.1 Å². The molecule has 0 bridgehead atoms. The number of hydrogen-bond acceptors (Lipinski definition) is 3. The molecule has 0 amide bonds. The normalized spacial score (nSPS) is 11.7. The standard InChI is InChI=1S/C17H20FN3O/c1-4-11-8-12(18)14(19)15-16(11)21(9-10(2)3)17(20-15)13-6-5-7-22-13/h5-8,10H,4,9,19H2,1-3H3. The van der Waals surface area contributed by atoms with Crippen molar-refractivity contribution in [3.8, 4) is 11.6 Å². The number of anilines is 1. The maximum Gasteiger partial charge on any atom is 0.177 e. The quantitative estimate of drug-likeness (QED) is 0.733. The maximum atomic E-state index is 14.0.